The van der Waals surface area contributed by atoms with Gasteiger partial charge < -0.3 is 9.84 Å². The van der Waals surface area contributed by atoms with Crippen molar-refractivity contribution in [3.63, 3.8) is 0 Å². The van der Waals surface area contributed by atoms with Crippen molar-refractivity contribution in [2.24, 2.45) is 11.8 Å². The third kappa shape index (κ3) is 2.94. The Bertz CT molecular complexity index is 235. The fraction of sp³-hybridized carbons (Fsp3) is 0.917. The first-order chi connectivity index (χ1) is 6.85. The van der Waals surface area contributed by atoms with Gasteiger partial charge >= 0.3 is 5.97 Å². The van der Waals surface area contributed by atoms with Gasteiger partial charge in [0.2, 0.25) is 0 Å². The molecule has 15 heavy (non-hydrogen) atoms. The Labute approximate surface area is 91.8 Å². The first-order valence-corrected chi connectivity index (χ1v) is 5.76. The Balaban J connectivity index is 2.53. The lowest BCUT2D eigenvalue weighted by Crippen LogP contribution is -2.36. The first kappa shape index (κ1) is 12.5. The monoisotopic (exact) mass is 214 g/mol. The smallest absolute Gasteiger partial charge is 0.309 e. The highest BCUT2D eigenvalue weighted by Crippen LogP contribution is 2.36. The van der Waals surface area contributed by atoms with Crippen molar-refractivity contribution in [2.75, 3.05) is 0 Å². The molecule has 1 rings (SSSR count). The Kier molecular flexibility index (Phi) is 3.77. The van der Waals surface area contributed by atoms with Crippen LogP contribution in [0.4, 0.5) is 0 Å². The molecule has 3 nitrogen and oxygen atoms in total. The lowest BCUT2D eigenvalue weighted by Gasteiger charge is -2.25. The minimum absolute atomic E-state index is 0.0213. The molecule has 1 fully saturated rings. The van der Waals surface area contributed by atoms with Crippen LogP contribution < -0.4 is 0 Å². The minimum atomic E-state index is -0.668. The van der Waals surface area contributed by atoms with E-state index in [0.29, 0.717) is 12.3 Å². The highest BCUT2D eigenvalue weighted by molar-refractivity contribution is 5.75. The molecule has 0 aromatic carbocycles. The fourth-order valence-electron chi connectivity index (χ4n) is 1.94. The normalized spacial score (nSPS) is 33.2. The second kappa shape index (κ2) is 4.52. The summed E-state index contributed by atoms with van der Waals surface area (Å²) < 4.78 is 5.27. The number of esters is 1. The Hall–Kier alpha value is -0.570. The van der Waals surface area contributed by atoms with Gasteiger partial charge in [0.15, 0.2) is 0 Å². The van der Waals surface area contributed by atoms with Gasteiger partial charge in [-0.2, -0.15) is 0 Å². The van der Waals surface area contributed by atoms with Crippen LogP contribution in [0, 0.1) is 11.8 Å². The van der Waals surface area contributed by atoms with Crippen LogP contribution >= 0.6 is 0 Å². The summed E-state index contributed by atoms with van der Waals surface area (Å²) in [5, 5.41) is 9.55. The molecular formula is C12H22O3. The maximum atomic E-state index is 11.6. The molecule has 3 unspecified atom stereocenters. The van der Waals surface area contributed by atoms with Gasteiger partial charge in [-0.1, -0.05) is 20.3 Å². The predicted octanol–water partition coefficient (Wildman–Crippen LogP) is 2.13. The molecule has 1 aliphatic rings. The lowest BCUT2D eigenvalue weighted by molar-refractivity contribution is -0.156. The van der Waals surface area contributed by atoms with Crippen molar-refractivity contribution >= 4 is 5.97 Å². The average Bonchev–Trinajstić information content (AvgIpc) is 2.39. The molecule has 1 aliphatic heterocycles. The molecule has 0 amide bonds. The summed E-state index contributed by atoms with van der Waals surface area (Å²) in [6.07, 6.45) is 1.97. The number of ether oxygens (including phenoxy) is 1. The number of carbonyl (C=O) groups excluding carboxylic acids is 1. The van der Waals surface area contributed by atoms with Gasteiger partial charge in [0.25, 0.3) is 0 Å². The van der Waals surface area contributed by atoms with Crippen LogP contribution in [0.2, 0.25) is 0 Å². The van der Waals surface area contributed by atoms with E-state index >= 15 is 0 Å². The highest BCUT2D eigenvalue weighted by atomic mass is 16.6. The standard InChI is InChI=1S/C12H22O3/c1-8(2)5-6-10-7-12(4,9(3)13)15-11(10)14/h8-10,13H,5-7H2,1-4H3. The number of aliphatic hydroxyl groups is 1. The number of aliphatic hydroxyl groups excluding tert-OH is 1. The van der Waals surface area contributed by atoms with E-state index in [1.54, 1.807) is 6.92 Å². The summed E-state index contributed by atoms with van der Waals surface area (Å²) in [4.78, 5) is 11.6. The van der Waals surface area contributed by atoms with Gasteiger partial charge in [-0.15, -0.1) is 0 Å². The molecular weight excluding hydrogens is 192 g/mol. The van der Waals surface area contributed by atoms with Gasteiger partial charge in [0.1, 0.15) is 5.60 Å². The average molecular weight is 214 g/mol. The molecule has 0 radical (unpaired) electrons. The number of carbonyl (C=O) groups is 1. The summed E-state index contributed by atoms with van der Waals surface area (Å²) in [7, 11) is 0. The van der Waals surface area contributed by atoms with E-state index in [1.165, 1.54) is 0 Å². The zero-order valence-corrected chi connectivity index (χ0v) is 10.1. The molecule has 0 aromatic rings. The highest BCUT2D eigenvalue weighted by Gasteiger charge is 2.46. The maximum absolute atomic E-state index is 11.6. The van der Waals surface area contributed by atoms with Crippen LogP contribution in [0.25, 0.3) is 0 Å². The number of hydrogen-bond acceptors (Lipinski definition) is 3. The second-order valence-corrected chi connectivity index (χ2v) is 5.28. The summed E-state index contributed by atoms with van der Waals surface area (Å²) in [6.45, 7) is 7.78. The molecule has 0 bridgehead atoms. The third-order valence-corrected chi connectivity index (χ3v) is 3.30. The van der Waals surface area contributed by atoms with Crippen LogP contribution in [0.3, 0.4) is 0 Å². The summed E-state index contributed by atoms with van der Waals surface area (Å²) in [5.41, 5.74) is -0.668. The Morgan fingerprint density at radius 1 is 1.53 bits per heavy atom. The summed E-state index contributed by atoms with van der Waals surface area (Å²) in [5.74, 6) is 0.447. The molecule has 0 spiro atoms. The van der Waals surface area contributed by atoms with Crippen molar-refractivity contribution in [3.8, 4) is 0 Å². The zero-order chi connectivity index (χ0) is 11.6. The van der Waals surface area contributed by atoms with E-state index in [2.05, 4.69) is 13.8 Å². The molecule has 3 atom stereocenters. The number of cyclic esters (lactones) is 1. The van der Waals surface area contributed by atoms with Crippen molar-refractivity contribution in [3.05, 3.63) is 0 Å². The third-order valence-electron chi connectivity index (χ3n) is 3.30. The van der Waals surface area contributed by atoms with Gasteiger partial charge in [-0.3, -0.25) is 4.79 Å². The Morgan fingerprint density at radius 2 is 2.13 bits per heavy atom. The SMILES string of the molecule is CC(C)CCC1CC(C)(C(C)O)OC1=O. The van der Waals surface area contributed by atoms with Crippen LogP contribution in [0.5, 0.6) is 0 Å². The van der Waals surface area contributed by atoms with Crippen molar-refractivity contribution in [1.82, 2.24) is 0 Å². The zero-order valence-electron chi connectivity index (χ0n) is 10.1. The summed E-state index contributed by atoms with van der Waals surface area (Å²) >= 11 is 0. The van der Waals surface area contributed by atoms with Crippen molar-refractivity contribution in [1.29, 1.82) is 0 Å². The first-order valence-electron chi connectivity index (χ1n) is 5.76. The molecule has 3 heteroatoms. The van der Waals surface area contributed by atoms with Gasteiger partial charge in [0.05, 0.1) is 12.0 Å². The number of hydrogen-bond donors (Lipinski definition) is 1. The molecule has 1 heterocycles. The molecule has 88 valence electrons. The largest absolute Gasteiger partial charge is 0.456 e. The van der Waals surface area contributed by atoms with E-state index in [0.717, 1.165) is 12.8 Å². The van der Waals surface area contributed by atoms with Gasteiger partial charge in [-0.05, 0) is 26.2 Å². The predicted molar refractivity (Wildman–Crippen MR) is 58.4 cm³/mol. The molecule has 1 N–H and O–H groups in total. The lowest BCUT2D eigenvalue weighted by atomic mass is 9.88. The number of rotatable bonds is 4. The maximum Gasteiger partial charge on any atom is 0.309 e. The molecule has 0 saturated carbocycles. The second-order valence-electron chi connectivity index (χ2n) is 5.28. The van der Waals surface area contributed by atoms with Crippen molar-refractivity contribution in [2.45, 2.75) is 58.7 Å². The van der Waals surface area contributed by atoms with E-state index in [4.69, 9.17) is 4.74 Å². The van der Waals surface area contributed by atoms with Crippen molar-refractivity contribution < 1.29 is 14.6 Å². The Morgan fingerprint density at radius 3 is 2.53 bits per heavy atom. The fourth-order valence-corrected chi connectivity index (χ4v) is 1.94. The van der Waals surface area contributed by atoms with E-state index in [1.807, 2.05) is 6.92 Å². The molecule has 0 aromatic heterocycles. The topological polar surface area (TPSA) is 46.5 Å². The molecule has 0 aliphatic carbocycles. The van der Waals surface area contributed by atoms with Gasteiger partial charge in [-0.25, -0.2) is 0 Å². The summed E-state index contributed by atoms with van der Waals surface area (Å²) in [6, 6.07) is 0. The minimum Gasteiger partial charge on any atom is -0.456 e. The van der Waals surface area contributed by atoms with E-state index in [9.17, 15) is 9.90 Å². The van der Waals surface area contributed by atoms with Gasteiger partial charge in [0, 0.05) is 6.42 Å². The van der Waals surface area contributed by atoms with Crippen LogP contribution in [0.1, 0.15) is 47.0 Å². The van der Waals surface area contributed by atoms with Crippen LogP contribution in [0.15, 0.2) is 0 Å². The molecule has 1 saturated heterocycles. The van der Waals surface area contributed by atoms with E-state index < -0.39 is 11.7 Å². The van der Waals surface area contributed by atoms with Crippen LogP contribution in [-0.4, -0.2) is 22.8 Å². The van der Waals surface area contributed by atoms with Crippen LogP contribution in [-0.2, 0) is 9.53 Å². The van der Waals surface area contributed by atoms with E-state index in [-0.39, 0.29) is 11.9 Å². The quantitative estimate of drug-likeness (QED) is 0.729.